The van der Waals surface area contributed by atoms with Gasteiger partial charge in [-0.25, -0.2) is 0 Å². The van der Waals surface area contributed by atoms with Gasteiger partial charge in [-0.3, -0.25) is 0 Å². The van der Waals surface area contributed by atoms with Crippen molar-refractivity contribution in [2.24, 2.45) is 0 Å². The Morgan fingerprint density at radius 1 is 0.773 bits per heavy atom. The average Bonchev–Trinajstić information content (AvgIpc) is 2.94. The maximum atomic E-state index is 3.64. The van der Waals surface area contributed by atoms with Crippen LogP contribution in [0.3, 0.4) is 0 Å². The highest BCUT2D eigenvalue weighted by atomic mass is 14.7. The normalized spacial score (nSPS) is 11.3. The summed E-state index contributed by atoms with van der Waals surface area (Å²) in [6, 6.07) is 23.9. The Morgan fingerprint density at radius 3 is 2.36 bits per heavy atom. The highest BCUT2D eigenvalue weighted by Crippen LogP contribution is 2.36. The van der Waals surface area contributed by atoms with Crippen LogP contribution in [0.2, 0.25) is 0 Å². The summed E-state index contributed by atoms with van der Waals surface area (Å²) in [5, 5.41) is 2.62. The van der Waals surface area contributed by atoms with Crippen LogP contribution in [0.25, 0.3) is 32.9 Å². The lowest BCUT2D eigenvalue weighted by atomic mass is 9.94. The Balaban J connectivity index is 2.11. The molecule has 0 saturated carbocycles. The van der Waals surface area contributed by atoms with Crippen molar-refractivity contribution in [3.63, 3.8) is 0 Å². The monoisotopic (exact) mass is 285 g/mol. The van der Waals surface area contributed by atoms with Crippen LogP contribution in [-0.4, -0.2) is 4.98 Å². The molecule has 4 aromatic rings. The molecule has 1 aromatic heterocycles. The Labute approximate surface area is 130 Å². The van der Waals surface area contributed by atoms with Crippen LogP contribution >= 0.6 is 0 Å². The summed E-state index contributed by atoms with van der Waals surface area (Å²) in [6.07, 6.45) is 2.26. The fraction of sp³-hybridized carbons (Fsp3) is 0.143. The van der Waals surface area contributed by atoms with Crippen LogP contribution in [0.1, 0.15) is 18.9 Å². The summed E-state index contributed by atoms with van der Waals surface area (Å²) >= 11 is 0. The highest BCUT2D eigenvalue weighted by Gasteiger charge is 2.13. The lowest BCUT2D eigenvalue weighted by Crippen LogP contribution is -1.91. The minimum Gasteiger partial charge on any atom is -0.354 e. The first kappa shape index (κ1) is 13.1. The zero-order chi connectivity index (χ0) is 14.9. The number of aromatic amines is 1. The number of hydrogen-bond acceptors (Lipinski definition) is 0. The number of benzene rings is 3. The zero-order valence-electron chi connectivity index (χ0n) is 12.8. The fourth-order valence-corrected chi connectivity index (χ4v) is 3.37. The third-order valence-corrected chi connectivity index (χ3v) is 4.35. The van der Waals surface area contributed by atoms with Gasteiger partial charge in [0, 0.05) is 21.9 Å². The van der Waals surface area contributed by atoms with Gasteiger partial charge in [0.25, 0.3) is 0 Å². The summed E-state index contributed by atoms with van der Waals surface area (Å²) in [4.78, 5) is 3.64. The van der Waals surface area contributed by atoms with E-state index in [4.69, 9.17) is 0 Å². The fourth-order valence-electron chi connectivity index (χ4n) is 3.37. The topological polar surface area (TPSA) is 15.8 Å². The van der Waals surface area contributed by atoms with Gasteiger partial charge >= 0.3 is 0 Å². The van der Waals surface area contributed by atoms with E-state index < -0.39 is 0 Å². The van der Waals surface area contributed by atoms with Gasteiger partial charge in [-0.05, 0) is 23.6 Å². The number of hydrogen-bond donors (Lipinski definition) is 1. The van der Waals surface area contributed by atoms with Crippen molar-refractivity contribution in [1.82, 2.24) is 4.98 Å². The molecular formula is C21H19N. The van der Waals surface area contributed by atoms with E-state index in [1.54, 1.807) is 0 Å². The molecule has 0 aliphatic rings. The molecule has 1 N–H and O–H groups in total. The summed E-state index contributed by atoms with van der Waals surface area (Å²) in [7, 11) is 0. The molecular weight excluding hydrogens is 266 g/mol. The van der Waals surface area contributed by atoms with Crippen LogP contribution in [0, 0.1) is 0 Å². The van der Waals surface area contributed by atoms with Crippen LogP contribution < -0.4 is 0 Å². The maximum absolute atomic E-state index is 3.64. The summed E-state index contributed by atoms with van der Waals surface area (Å²) in [5.74, 6) is 0. The lowest BCUT2D eigenvalue weighted by molar-refractivity contribution is 0.925. The lowest BCUT2D eigenvalue weighted by Gasteiger charge is -2.11. The number of nitrogens with one attached hydrogen (secondary N) is 1. The third-order valence-electron chi connectivity index (χ3n) is 4.35. The van der Waals surface area contributed by atoms with E-state index in [-0.39, 0.29) is 0 Å². The highest BCUT2D eigenvalue weighted by molar-refractivity contribution is 6.12. The van der Waals surface area contributed by atoms with Gasteiger partial charge in [-0.1, -0.05) is 74.0 Å². The molecule has 1 heterocycles. The quantitative estimate of drug-likeness (QED) is 0.479. The number of aryl methyl sites for hydroxylation is 1. The largest absolute Gasteiger partial charge is 0.354 e. The standard InChI is InChI=1S/C21H19N/c1-2-8-15-13-14-18-17-11-6-7-12-19(17)22-21(18)20(15)16-9-4-3-5-10-16/h3-7,9-14,22H,2,8H2,1H3. The molecule has 0 fully saturated rings. The Morgan fingerprint density at radius 2 is 1.55 bits per heavy atom. The molecule has 1 heteroatoms. The Kier molecular flexibility index (Phi) is 3.19. The molecule has 1 nitrogen and oxygen atoms in total. The van der Waals surface area contributed by atoms with Crippen LogP contribution in [-0.2, 0) is 6.42 Å². The number of rotatable bonds is 3. The number of fused-ring (bicyclic) bond motifs is 3. The molecule has 0 saturated heterocycles. The van der Waals surface area contributed by atoms with E-state index in [1.165, 1.54) is 38.5 Å². The maximum Gasteiger partial charge on any atom is 0.0547 e. The summed E-state index contributed by atoms with van der Waals surface area (Å²) < 4.78 is 0. The van der Waals surface area contributed by atoms with E-state index in [0.717, 1.165) is 12.8 Å². The number of aromatic nitrogens is 1. The molecule has 0 aliphatic heterocycles. The van der Waals surface area contributed by atoms with Gasteiger partial charge in [0.1, 0.15) is 0 Å². The summed E-state index contributed by atoms with van der Waals surface area (Å²) in [6.45, 7) is 2.24. The minimum absolute atomic E-state index is 1.11. The zero-order valence-corrected chi connectivity index (χ0v) is 12.8. The SMILES string of the molecule is CCCc1ccc2c([nH]c3ccccc32)c1-c1ccccc1. The molecule has 0 amide bonds. The Bertz CT molecular complexity index is 932. The van der Waals surface area contributed by atoms with Crippen molar-refractivity contribution >= 4 is 21.8 Å². The third kappa shape index (κ3) is 2.01. The first-order valence-electron chi connectivity index (χ1n) is 7.96. The first-order valence-corrected chi connectivity index (χ1v) is 7.96. The molecule has 22 heavy (non-hydrogen) atoms. The van der Waals surface area contributed by atoms with Crippen molar-refractivity contribution < 1.29 is 0 Å². The van der Waals surface area contributed by atoms with Gasteiger partial charge in [0.2, 0.25) is 0 Å². The predicted molar refractivity (Wildman–Crippen MR) is 95.2 cm³/mol. The molecule has 0 bridgehead atoms. The van der Waals surface area contributed by atoms with Crippen molar-refractivity contribution in [3.8, 4) is 11.1 Å². The van der Waals surface area contributed by atoms with Gasteiger partial charge < -0.3 is 4.98 Å². The molecule has 0 radical (unpaired) electrons. The predicted octanol–water partition coefficient (Wildman–Crippen LogP) is 5.94. The van der Waals surface area contributed by atoms with E-state index >= 15 is 0 Å². The second-order valence-electron chi connectivity index (χ2n) is 5.81. The molecule has 0 aliphatic carbocycles. The van der Waals surface area contributed by atoms with Gasteiger partial charge in [-0.15, -0.1) is 0 Å². The molecule has 3 aromatic carbocycles. The van der Waals surface area contributed by atoms with Crippen molar-refractivity contribution in [3.05, 3.63) is 72.3 Å². The van der Waals surface area contributed by atoms with Crippen LogP contribution in [0.15, 0.2) is 66.7 Å². The first-order chi connectivity index (χ1) is 10.9. The minimum atomic E-state index is 1.11. The molecule has 0 spiro atoms. The summed E-state index contributed by atoms with van der Waals surface area (Å²) in [5.41, 5.74) is 6.55. The smallest absolute Gasteiger partial charge is 0.0547 e. The number of H-pyrrole nitrogens is 1. The van der Waals surface area contributed by atoms with Crippen LogP contribution in [0.5, 0.6) is 0 Å². The van der Waals surface area contributed by atoms with Crippen molar-refractivity contribution in [2.45, 2.75) is 19.8 Å². The molecule has 0 atom stereocenters. The van der Waals surface area contributed by atoms with E-state index in [0.29, 0.717) is 0 Å². The molecule has 0 unspecified atom stereocenters. The van der Waals surface area contributed by atoms with Crippen molar-refractivity contribution in [1.29, 1.82) is 0 Å². The van der Waals surface area contributed by atoms with E-state index in [2.05, 4.69) is 78.6 Å². The van der Waals surface area contributed by atoms with Gasteiger partial charge in [0.15, 0.2) is 0 Å². The van der Waals surface area contributed by atoms with Crippen molar-refractivity contribution in [2.75, 3.05) is 0 Å². The second kappa shape index (κ2) is 5.34. The average molecular weight is 285 g/mol. The Hall–Kier alpha value is -2.54. The van der Waals surface area contributed by atoms with E-state index in [9.17, 15) is 0 Å². The molecule has 4 rings (SSSR count). The van der Waals surface area contributed by atoms with Crippen LogP contribution in [0.4, 0.5) is 0 Å². The number of para-hydroxylation sites is 1. The molecule has 108 valence electrons. The second-order valence-corrected chi connectivity index (χ2v) is 5.81. The van der Waals surface area contributed by atoms with Gasteiger partial charge in [0.05, 0.1) is 5.52 Å². The van der Waals surface area contributed by atoms with Gasteiger partial charge in [-0.2, -0.15) is 0 Å². The van der Waals surface area contributed by atoms with E-state index in [1.807, 2.05) is 0 Å².